The third-order valence-electron chi connectivity index (χ3n) is 2.07. The van der Waals surface area contributed by atoms with Crippen molar-refractivity contribution in [2.45, 2.75) is 27.7 Å². The zero-order valence-corrected chi connectivity index (χ0v) is 14.3. The quantitative estimate of drug-likeness (QED) is 0.314. The first kappa shape index (κ1) is 27.5. The van der Waals surface area contributed by atoms with Crippen molar-refractivity contribution in [2.24, 2.45) is 0 Å². The Morgan fingerprint density at radius 1 is 0.700 bits per heavy atom. The molecule has 0 aliphatic carbocycles. The van der Waals surface area contributed by atoms with E-state index >= 15 is 0 Å². The van der Waals surface area contributed by atoms with Crippen molar-refractivity contribution in [1.29, 1.82) is 0 Å². The molecule has 0 aromatic heterocycles. The largest absolute Gasteiger partial charge is 1.00 e. The molecule has 0 bridgehead atoms. The van der Waals surface area contributed by atoms with Crippen LogP contribution in [0.25, 0.3) is 0 Å². The van der Waals surface area contributed by atoms with E-state index < -0.39 is 23.6 Å². The van der Waals surface area contributed by atoms with Gasteiger partial charge in [0, 0.05) is 40.8 Å². The van der Waals surface area contributed by atoms with Crippen molar-refractivity contribution in [1.82, 2.24) is 9.80 Å². The normalized spacial score (nSPS) is 7.90. The molecule has 10 heteroatoms. The third-order valence-corrected chi connectivity index (χ3v) is 2.07. The monoisotopic (exact) mass is 302 g/mol. The van der Waals surface area contributed by atoms with Crippen LogP contribution in [-0.4, -0.2) is 62.5 Å². The fourth-order valence-electron chi connectivity index (χ4n) is 1.27. The Bertz CT molecular complexity index is 276. The number of hydrogen-bond acceptors (Lipinski definition) is 7. The zero-order valence-electron chi connectivity index (χ0n) is 12.3. The summed E-state index contributed by atoms with van der Waals surface area (Å²) in [5.74, 6) is -1.61. The van der Waals surface area contributed by atoms with E-state index in [0.717, 1.165) is 9.80 Å². The van der Waals surface area contributed by atoms with Crippen LogP contribution in [0.5, 0.6) is 0 Å². The summed E-state index contributed by atoms with van der Waals surface area (Å²) in [7, 11) is 0. The van der Waals surface area contributed by atoms with Crippen molar-refractivity contribution in [2.75, 3.05) is 13.1 Å². The maximum Gasteiger partial charge on any atom is 1.00 e. The third kappa shape index (κ3) is 11.0. The number of nitrogens with zero attached hydrogens (tertiary/aromatic N) is 2. The van der Waals surface area contributed by atoms with Crippen LogP contribution in [0.3, 0.4) is 0 Å². The van der Waals surface area contributed by atoms with Gasteiger partial charge in [-0.1, -0.05) is 0 Å². The van der Waals surface area contributed by atoms with E-state index in [0.29, 0.717) is 0 Å². The molecule has 0 aliphatic heterocycles. The molecule has 0 aromatic carbocycles. The van der Waals surface area contributed by atoms with Gasteiger partial charge in [-0.05, 0) is 0 Å². The van der Waals surface area contributed by atoms with Crippen LogP contribution in [0.4, 0.5) is 0 Å². The molecule has 0 saturated carbocycles. The van der Waals surface area contributed by atoms with Crippen LogP contribution in [0.1, 0.15) is 27.7 Å². The van der Waals surface area contributed by atoms with Crippen LogP contribution in [-0.2, 0) is 19.2 Å². The van der Waals surface area contributed by atoms with Gasteiger partial charge in [0.15, 0.2) is 0 Å². The van der Waals surface area contributed by atoms with Gasteiger partial charge in [0.25, 0.3) is 0 Å². The van der Waals surface area contributed by atoms with Crippen LogP contribution in [0, 0.1) is 0 Å². The zero-order chi connectivity index (χ0) is 14.9. The van der Waals surface area contributed by atoms with Crippen LogP contribution in [0.2, 0.25) is 0 Å². The predicted molar refractivity (Wildman–Crippen MR) is 63.3 cm³/mol. The van der Waals surface area contributed by atoms with E-state index in [-0.39, 0.29) is 48.1 Å². The van der Waals surface area contributed by atoms with Crippen LogP contribution in [0.15, 0.2) is 0 Å². The average Bonchev–Trinajstić information content (AvgIpc) is 2.24. The van der Waals surface area contributed by atoms with Crippen molar-refractivity contribution >= 4 is 23.6 Å². The Morgan fingerprint density at radius 3 is 0.950 bits per heavy atom. The summed E-state index contributed by atoms with van der Waals surface area (Å²) in [6.07, 6.45) is 0. The Labute approximate surface area is 139 Å². The van der Waals surface area contributed by atoms with Gasteiger partial charge in [-0.15, -0.1) is 0 Å². The second-order valence-electron chi connectivity index (χ2n) is 3.38. The summed E-state index contributed by atoms with van der Waals surface area (Å²) >= 11 is 0. The smallest absolute Gasteiger partial charge is 0.870 e. The Kier molecular flexibility index (Phi) is 20.0. The second kappa shape index (κ2) is 14.6. The van der Waals surface area contributed by atoms with Gasteiger partial charge < -0.3 is 5.48 Å². The van der Waals surface area contributed by atoms with Gasteiger partial charge in [-0.2, -0.15) is 0 Å². The van der Waals surface area contributed by atoms with Crippen molar-refractivity contribution in [3.63, 3.8) is 0 Å². The first-order chi connectivity index (χ1) is 8.27. The van der Waals surface area contributed by atoms with Crippen LogP contribution >= 0.6 is 0 Å². The SMILES string of the molecule is CC(=O)N(CCN(C(C)=O)C(C)=O)C(C)=O.OO.[Na+].[OH-]. The standard InChI is InChI=1S/C10H16N2O4.Na.H2O2.H2O/c1-7(13)11(8(2)14)5-6-12(9(3)15)10(4)16;;1-2;/h5-6H2,1-4H3;;1-2H;1H2/q;+1;;/p-1. The molecule has 20 heavy (non-hydrogen) atoms. The van der Waals surface area contributed by atoms with E-state index in [1.165, 1.54) is 27.7 Å². The topological polar surface area (TPSA) is 145 Å². The van der Waals surface area contributed by atoms with E-state index in [1.807, 2.05) is 0 Å². The first-order valence-corrected chi connectivity index (χ1v) is 5.04. The molecule has 9 nitrogen and oxygen atoms in total. The molecule has 0 aliphatic rings. The van der Waals surface area contributed by atoms with Gasteiger partial charge >= 0.3 is 29.6 Å². The van der Waals surface area contributed by atoms with E-state index in [1.54, 1.807) is 0 Å². The van der Waals surface area contributed by atoms with Gasteiger partial charge in [0.05, 0.1) is 0 Å². The fourth-order valence-corrected chi connectivity index (χ4v) is 1.27. The van der Waals surface area contributed by atoms with E-state index in [9.17, 15) is 19.2 Å². The summed E-state index contributed by atoms with van der Waals surface area (Å²) in [6.45, 7) is 5.09. The molecule has 0 rings (SSSR count). The van der Waals surface area contributed by atoms with Gasteiger partial charge in [0.1, 0.15) is 0 Å². The minimum absolute atomic E-state index is 0. The minimum atomic E-state index is -0.403. The Morgan fingerprint density at radius 2 is 0.850 bits per heavy atom. The Hall–Kier alpha value is -0.840. The maximum absolute atomic E-state index is 11.1. The molecule has 0 saturated heterocycles. The number of carbonyl (C=O) groups is 4. The maximum atomic E-state index is 11.1. The van der Waals surface area contributed by atoms with Crippen LogP contribution < -0.4 is 29.6 Å². The van der Waals surface area contributed by atoms with Gasteiger partial charge in [-0.25, -0.2) is 0 Å². The molecular formula is C10H19N2NaO7. The summed E-state index contributed by atoms with van der Waals surface area (Å²) in [6, 6.07) is 0. The van der Waals surface area contributed by atoms with Crippen molar-refractivity contribution in [3.05, 3.63) is 0 Å². The Balaban J connectivity index is -0.000000304. The number of hydrogen-bond donors (Lipinski definition) is 2. The number of imide groups is 2. The number of amides is 4. The molecule has 3 N–H and O–H groups in total. The molecule has 0 atom stereocenters. The molecule has 0 spiro atoms. The summed E-state index contributed by atoms with van der Waals surface area (Å²) in [5, 5.41) is 12.0. The molecule has 0 radical (unpaired) electrons. The molecule has 0 aromatic rings. The average molecular weight is 302 g/mol. The number of carbonyl (C=O) groups excluding carboxylic acids is 4. The van der Waals surface area contributed by atoms with Gasteiger partial charge in [0.2, 0.25) is 23.6 Å². The van der Waals surface area contributed by atoms with Crippen molar-refractivity contribution in [3.8, 4) is 0 Å². The molecular weight excluding hydrogens is 283 g/mol. The van der Waals surface area contributed by atoms with Gasteiger partial charge in [-0.3, -0.25) is 39.5 Å². The number of rotatable bonds is 3. The minimum Gasteiger partial charge on any atom is -0.870 e. The molecule has 112 valence electrons. The summed E-state index contributed by atoms with van der Waals surface area (Å²) in [5.41, 5.74) is 0. The molecule has 0 unspecified atom stereocenters. The fraction of sp³-hybridized carbons (Fsp3) is 0.600. The first-order valence-electron chi connectivity index (χ1n) is 5.04. The van der Waals surface area contributed by atoms with E-state index in [2.05, 4.69) is 0 Å². The summed E-state index contributed by atoms with van der Waals surface area (Å²) < 4.78 is 0. The molecule has 0 heterocycles. The van der Waals surface area contributed by atoms with E-state index in [4.69, 9.17) is 10.5 Å². The molecule has 4 amide bonds. The van der Waals surface area contributed by atoms with Crippen molar-refractivity contribution < 1.29 is 64.7 Å². The summed E-state index contributed by atoms with van der Waals surface area (Å²) in [4.78, 5) is 46.2. The molecule has 0 fully saturated rings. The predicted octanol–water partition coefficient (Wildman–Crippen LogP) is -3.38. The second-order valence-corrected chi connectivity index (χ2v) is 3.38.